The Morgan fingerprint density at radius 1 is 0.938 bits per heavy atom. The molecule has 0 aromatic rings. The van der Waals surface area contributed by atoms with Crippen molar-refractivity contribution in [1.82, 2.24) is 0 Å². The predicted molar refractivity (Wildman–Crippen MR) is 61.1 cm³/mol. The van der Waals surface area contributed by atoms with Crippen LogP contribution in [0.2, 0.25) is 18.0 Å². The predicted octanol–water partition coefficient (Wildman–Crippen LogP) is 4.93. The molecular weight excluding hydrogens is 212 g/mol. The van der Waals surface area contributed by atoms with Crippen LogP contribution in [0.5, 0.6) is 0 Å². The first-order valence-corrected chi connectivity index (χ1v) is 6.63. The van der Waals surface area contributed by atoms with Crippen LogP contribution in [0, 0.1) is 0 Å². The zero-order valence-electron chi connectivity index (χ0n) is 9.73. The fourth-order valence-electron chi connectivity index (χ4n) is 3.82. The van der Waals surface area contributed by atoms with Crippen molar-refractivity contribution in [1.29, 1.82) is 0 Å². The van der Waals surface area contributed by atoms with Crippen molar-refractivity contribution in [3.8, 4) is 0 Å². The van der Waals surface area contributed by atoms with Crippen molar-refractivity contribution in [2.45, 2.75) is 75.5 Å². The van der Waals surface area contributed by atoms with Crippen LogP contribution >= 0.6 is 0 Å². The van der Waals surface area contributed by atoms with Crippen molar-refractivity contribution in [2.24, 2.45) is 0 Å². The fraction of sp³-hybridized carbons (Fsp3) is 1.00. The Morgan fingerprint density at radius 3 is 1.88 bits per heavy atom. The summed E-state index contributed by atoms with van der Waals surface area (Å²) >= 11 is 0. The van der Waals surface area contributed by atoms with Gasteiger partial charge in [-0.3, -0.25) is 0 Å². The molecule has 2 aliphatic heterocycles. The number of rotatable bonds is 3. The van der Waals surface area contributed by atoms with E-state index in [9.17, 15) is 13.2 Å². The maximum absolute atomic E-state index is 12.1. The third-order valence-corrected chi connectivity index (χ3v) is 4.51. The van der Waals surface area contributed by atoms with Crippen LogP contribution in [-0.4, -0.2) is 12.9 Å². The smallest absolute Gasteiger partial charge is 0.171 e. The summed E-state index contributed by atoms with van der Waals surface area (Å²) in [4.78, 5) is 0. The molecule has 4 heteroatoms. The Bertz CT molecular complexity index is 205. The largest absolute Gasteiger partial charge is 0.389 e. The molecule has 0 aromatic carbocycles. The molecule has 0 atom stereocenters. The molecule has 2 heterocycles. The van der Waals surface area contributed by atoms with E-state index < -0.39 is 12.6 Å². The third-order valence-electron chi connectivity index (χ3n) is 4.51. The van der Waals surface area contributed by atoms with Crippen LogP contribution in [0.15, 0.2) is 0 Å². The Balaban J connectivity index is 1.79. The fourth-order valence-corrected chi connectivity index (χ4v) is 3.82. The number of halogens is 3. The van der Waals surface area contributed by atoms with Crippen LogP contribution in [-0.2, 0) is 0 Å². The molecule has 0 spiro atoms. The maximum atomic E-state index is 12.1. The van der Waals surface area contributed by atoms with Gasteiger partial charge in [0.1, 0.15) is 6.71 Å². The Morgan fingerprint density at radius 2 is 1.44 bits per heavy atom. The molecule has 2 rings (SSSR count). The molecule has 0 amide bonds. The van der Waals surface area contributed by atoms with Gasteiger partial charge in [-0.2, -0.15) is 13.2 Å². The number of alkyl halides is 3. The van der Waals surface area contributed by atoms with Gasteiger partial charge >= 0.3 is 6.18 Å². The quantitative estimate of drug-likeness (QED) is 0.605. The lowest BCUT2D eigenvalue weighted by Crippen LogP contribution is -2.34. The van der Waals surface area contributed by atoms with E-state index in [2.05, 4.69) is 0 Å². The van der Waals surface area contributed by atoms with Gasteiger partial charge in [-0.1, -0.05) is 62.9 Å². The van der Waals surface area contributed by atoms with E-state index in [1.165, 1.54) is 38.5 Å². The summed E-state index contributed by atoms with van der Waals surface area (Å²) < 4.78 is 36.3. The minimum absolute atomic E-state index is 0.348. The van der Waals surface area contributed by atoms with Crippen molar-refractivity contribution in [3.63, 3.8) is 0 Å². The Kier molecular flexibility index (Phi) is 3.86. The number of hydrogen-bond donors (Lipinski definition) is 0. The lowest BCUT2D eigenvalue weighted by atomic mass is 9.26. The first-order valence-electron chi connectivity index (χ1n) is 6.63. The van der Waals surface area contributed by atoms with Crippen LogP contribution in [0.3, 0.4) is 0 Å². The van der Waals surface area contributed by atoms with Gasteiger partial charge in [-0.25, -0.2) is 0 Å². The molecule has 0 N–H and O–H groups in total. The van der Waals surface area contributed by atoms with Crippen LogP contribution in [0.4, 0.5) is 13.2 Å². The van der Waals surface area contributed by atoms with Gasteiger partial charge in [0.25, 0.3) is 0 Å². The highest BCUT2D eigenvalue weighted by atomic mass is 19.4. The summed E-state index contributed by atoms with van der Waals surface area (Å²) in [6, 6.07) is 0. The molecule has 0 unspecified atom stereocenters. The average molecular weight is 232 g/mol. The molecule has 0 aromatic heterocycles. The van der Waals surface area contributed by atoms with Gasteiger partial charge in [0.05, 0.1) is 0 Å². The molecule has 0 aliphatic carbocycles. The molecule has 16 heavy (non-hydrogen) atoms. The molecular formula is C12H20BF3. The maximum Gasteiger partial charge on any atom is 0.389 e. The summed E-state index contributed by atoms with van der Waals surface area (Å²) in [5.41, 5.74) is 0. The highest BCUT2D eigenvalue weighted by molar-refractivity contribution is 6.62. The minimum atomic E-state index is -3.95. The zero-order chi connectivity index (χ0) is 11.6. The van der Waals surface area contributed by atoms with Crippen LogP contribution < -0.4 is 0 Å². The Labute approximate surface area is 96.1 Å². The molecule has 0 saturated carbocycles. The van der Waals surface area contributed by atoms with E-state index in [1.807, 2.05) is 0 Å². The van der Waals surface area contributed by atoms with E-state index in [0.717, 1.165) is 18.0 Å². The van der Waals surface area contributed by atoms with E-state index in [4.69, 9.17) is 0 Å². The summed E-state index contributed by atoms with van der Waals surface area (Å²) in [5, 5.41) is 0. The second-order valence-electron chi connectivity index (χ2n) is 5.55. The summed E-state index contributed by atoms with van der Waals surface area (Å²) in [7, 11) is 0. The van der Waals surface area contributed by atoms with Crippen molar-refractivity contribution in [2.75, 3.05) is 0 Å². The van der Waals surface area contributed by atoms with Crippen molar-refractivity contribution in [3.05, 3.63) is 0 Å². The second-order valence-corrected chi connectivity index (χ2v) is 5.55. The first kappa shape index (κ1) is 12.3. The van der Waals surface area contributed by atoms with Gasteiger partial charge in [0.15, 0.2) is 0 Å². The van der Waals surface area contributed by atoms with Crippen LogP contribution in [0.25, 0.3) is 0 Å². The monoisotopic (exact) mass is 232 g/mol. The summed E-state index contributed by atoms with van der Waals surface area (Å²) in [6.45, 7) is 0.616. The van der Waals surface area contributed by atoms with Gasteiger partial charge in [0.2, 0.25) is 0 Å². The first-order chi connectivity index (χ1) is 7.56. The lowest BCUT2D eigenvalue weighted by Gasteiger charge is -2.40. The molecule has 0 nitrogen and oxygen atoms in total. The highest BCUT2D eigenvalue weighted by Gasteiger charge is 2.39. The third kappa shape index (κ3) is 3.17. The van der Waals surface area contributed by atoms with Gasteiger partial charge in [0, 0.05) is 6.42 Å². The zero-order valence-corrected chi connectivity index (χ0v) is 9.73. The standard InChI is InChI=1S/C12H20BF3/c14-12(15,16)8-3-9-13-10-4-1-5-11(13)7-2-6-10/h10-11H,1-9H2. The average Bonchev–Trinajstić information content (AvgIpc) is 2.15. The molecule has 2 fully saturated rings. The number of hydrogen-bond acceptors (Lipinski definition) is 0. The molecule has 2 bridgehead atoms. The van der Waals surface area contributed by atoms with E-state index in [-0.39, 0.29) is 0 Å². The lowest BCUT2D eigenvalue weighted by molar-refractivity contribution is -0.134. The van der Waals surface area contributed by atoms with Gasteiger partial charge < -0.3 is 0 Å². The SMILES string of the molecule is FC(F)(F)CCCB1C2CCCC1CCC2. The summed E-state index contributed by atoms with van der Waals surface area (Å²) in [5.74, 6) is 1.50. The highest BCUT2D eigenvalue weighted by Crippen LogP contribution is 2.48. The molecule has 92 valence electrons. The molecule has 2 aliphatic rings. The normalized spacial score (nSPS) is 30.6. The van der Waals surface area contributed by atoms with E-state index in [0.29, 0.717) is 13.1 Å². The Hall–Kier alpha value is -0.145. The topological polar surface area (TPSA) is 0 Å². The van der Waals surface area contributed by atoms with Crippen LogP contribution in [0.1, 0.15) is 51.4 Å². The number of fused-ring (bicyclic) bond motifs is 2. The second kappa shape index (κ2) is 5.01. The minimum Gasteiger partial charge on any atom is -0.171 e. The molecule has 2 saturated heterocycles. The van der Waals surface area contributed by atoms with E-state index in [1.54, 1.807) is 0 Å². The van der Waals surface area contributed by atoms with Crippen molar-refractivity contribution >= 4 is 6.71 Å². The van der Waals surface area contributed by atoms with Gasteiger partial charge in [-0.15, -0.1) is 0 Å². The van der Waals surface area contributed by atoms with E-state index >= 15 is 0 Å². The van der Waals surface area contributed by atoms with Crippen molar-refractivity contribution < 1.29 is 13.2 Å². The molecule has 0 radical (unpaired) electrons. The van der Waals surface area contributed by atoms with Gasteiger partial charge in [-0.05, 0) is 0 Å². The summed E-state index contributed by atoms with van der Waals surface area (Å²) in [6.07, 6.45) is 4.33.